The van der Waals surface area contributed by atoms with E-state index in [1.54, 1.807) is 34.1 Å². The van der Waals surface area contributed by atoms with E-state index in [9.17, 15) is 9.59 Å². The molecule has 0 saturated heterocycles. The topological polar surface area (TPSA) is 40.6 Å². The van der Waals surface area contributed by atoms with Crippen LogP contribution in [-0.2, 0) is 6.54 Å². The van der Waals surface area contributed by atoms with Crippen LogP contribution in [0.3, 0.4) is 0 Å². The second-order valence-electron chi connectivity index (χ2n) is 6.77. The van der Waals surface area contributed by atoms with Crippen LogP contribution in [0.25, 0.3) is 0 Å². The van der Waals surface area contributed by atoms with Crippen LogP contribution in [0.5, 0.6) is 0 Å². The van der Waals surface area contributed by atoms with Gasteiger partial charge in [0, 0.05) is 29.9 Å². The molecule has 0 radical (unpaired) electrons. The van der Waals surface area contributed by atoms with Crippen molar-refractivity contribution < 1.29 is 9.59 Å². The van der Waals surface area contributed by atoms with Gasteiger partial charge in [-0.15, -0.1) is 0 Å². The van der Waals surface area contributed by atoms with Crippen molar-refractivity contribution in [2.45, 2.75) is 20.4 Å². The van der Waals surface area contributed by atoms with Gasteiger partial charge in [0.2, 0.25) is 0 Å². The predicted molar refractivity (Wildman–Crippen MR) is 117 cm³/mol. The molecule has 3 rings (SSSR count). The highest BCUT2D eigenvalue weighted by atomic mass is 16.2. The van der Waals surface area contributed by atoms with Crippen LogP contribution in [0.1, 0.15) is 40.1 Å². The molecule has 0 N–H and O–H groups in total. The van der Waals surface area contributed by atoms with E-state index in [0.29, 0.717) is 30.8 Å². The Kier molecular flexibility index (Phi) is 6.80. The fraction of sp³-hybridized carbons (Fsp3) is 0.200. The van der Waals surface area contributed by atoms with Crippen LogP contribution in [-0.4, -0.2) is 29.8 Å². The first-order chi connectivity index (χ1) is 14.1. The molecule has 0 unspecified atom stereocenters. The second kappa shape index (κ2) is 9.69. The van der Waals surface area contributed by atoms with Gasteiger partial charge in [-0.2, -0.15) is 0 Å². The van der Waals surface area contributed by atoms with E-state index in [1.165, 1.54) is 0 Å². The smallest absolute Gasteiger partial charge is 0.258 e. The zero-order chi connectivity index (χ0) is 20.6. The summed E-state index contributed by atoms with van der Waals surface area (Å²) in [5, 5.41) is 0. The molecule has 3 aromatic carbocycles. The second-order valence-corrected chi connectivity index (χ2v) is 6.77. The summed E-state index contributed by atoms with van der Waals surface area (Å²) in [6, 6.07) is 26.5. The molecule has 0 aliphatic heterocycles. The molecular formula is C25H26N2O2. The number of para-hydroxylation sites is 1. The highest BCUT2D eigenvalue weighted by Gasteiger charge is 2.20. The summed E-state index contributed by atoms with van der Waals surface area (Å²) in [4.78, 5) is 29.6. The molecule has 4 nitrogen and oxygen atoms in total. The van der Waals surface area contributed by atoms with Crippen molar-refractivity contribution in [2.75, 3.05) is 18.0 Å². The molecule has 3 aromatic rings. The van der Waals surface area contributed by atoms with E-state index >= 15 is 0 Å². The highest BCUT2D eigenvalue weighted by molar-refractivity contribution is 6.07. The Bertz CT molecular complexity index is 951. The Morgan fingerprint density at radius 3 is 1.83 bits per heavy atom. The molecule has 2 amide bonds. The van der Waals surface area contributed by atoms with Gasteiger partial charge < -0.3 is 9.80 Å². The maximum Gasteiger partial charge on any atom is 0.258 e. The maximum absolute atomic E-state index is 13.4. The summed E-state index contributed by atoms with van der Waals surface area (Å²) in [5.41, 5.74) is 2.90. The number of benzene rings is 3. The molecule has 4 heteroatoms. The Balaban J connectivity index is 1.94. The zero-order valence-corrected chi connectivity index (χ0v) is 16.9. The molecular weight excluding hydrogens is 360 g/mol. The number of rotatable bonds is 7. The summed E-state index contributed by atoms with van der Waals surface area (Å²) in [6.45, 7) is 5.63. The number of carbonyl (C=O) groups excluding carboxylic acids is 2. The van der Waals surface area contributed by atoms with Crippen molar-refractivity contribution in [3.8, 4) is 0 Å². The van der Waals surface area contributed by atoms with E-state index in [0.717, 1.165) is 11.3 Å². The van der Waals surface area contributed by atoms with E-state index < -0.39 is 0 Å². The minimum atomic E-state index is -0.130. The quantitative estimate of drug-likeness (QED) is 0.572. The van der Waals surface area contributed by atoms with E-state index in [-0.39, 0.29) is 11.8 Å². The summed E-state index contributed by atoms with van der Waals surface area (Å²) >= 11 is 0. The number of carbonyl (C=O) groups is 2. The number of amides is 2. The van der Waals surface area contributed by atoms with Gasteiger partial charge in [-0.05, 0) is 49.7 Å². The normalized spacial score (nSPS) is 10.4. The first kappa shape index (κ1) is 20.3. The maximum atomic E-state index is 13.4. The number of hydrogen-bond donors (Lipinski definition) is 0. The molecule has 0 saturated carbocycles. The molecule has 0 atom stereocenters. The lowest BCUT2D eigenvalue weighted by Gasteiger charge is -2.24. The van der Waals surface area contributed by atoms with Crippen LogP contribution in [0.4, 0.5) is 5.69 Å². The Labute approximate surface area is 172 Å². The van der Waals surface area contributed by atoms with Gasteiger partial charge in [-0.1, -0.05) is 54.6 Å². The molecule has 0 spiro atoms. The van der Waals surface area contributed by atoms with E-state index in [2.05, 4.69) is 0 Å². The van der Waals surface area contributed by atoms with Gasteiger partial charge >= 0.3 is 0 Å². The van der Waals surface area contributed by atoms with E-state index in [4.69, 9.17) is 0 Å². The third-order valence-electron chi connectivity index (χ3n) is 4.90. The summed E-state index contributed by atoms with van der Waals surface area (Å²) in [5.74, 6) is -0.187. The fourth-order valence-corrected chi connectivity index (χ4v) is 3.29. The van der Waals surface area contributed by atoms with E-state index in [1.807, 2.05) is 74.5 Å². The lowest BCUT2D eigenvalue weighted by atomic mass is 10.1. The van der Waals surface area contributed by atoms with Crippen molar-refractivity contribution >= 4 is 17.5 Å². The minimum Gasteiger partial charge on any atom is -0.339 e. The van der Waals surface area contributed by atoms with Gasteiger partial charge in [-0.3, -0.25) is 9.59 Å². The average Bonchev–Trinajstić information content (AvgIpc) is 2.79. The first-order valence-corrected chi connectivity index (χ1v) is 9.94. The molecule has 0 aliphatic rings. The lowest BCUT2D eigenvalue weighted by Crippen LogP contribution is -2.32. The third kappa shape index (κ3) is 4.91. The SMILES string of the molecule is CCN(CC)C(=O)c1cccc(C(=O)N(Cc2ccccc2)c2ccccc2)c1. The monoisotopic (exact) mass is 386 g/mol. The molecule has 148 valence electrons. The fourth-order valence-electron chi connectivity index (χ4n) is 3.29. The summed E-state index contributed by atoms with van der Waals surface area (Å²) in [6.07, 6.45) is 0. The molecule has 29 heavy (non-hydrogen) atoms. The molecule has 0 fully saturated rings. The number of nitrogens with zero attached hydrogens (tertiary/aromatic N) is 2. The summed E-state index contributed by atoms with van der Waals surface area (Å²) < 4.78 is 0. The Morgan fingerprint density at radius 1 is 0.690 bits per heavy atom. The predicted octanol–water partition coefficient (Wildman–Crippen LogP) is 5.02. The minimum absolute atomic E-state index is 0.0565. The standard InChI is InChI=1S/C25H26N2O2/c1-3-26(4-2)24(28)21-14-11-15-22(18-21)25(29)27(23-16-9-6-10-17-23)19-20-12-7-5-8-13-20/h5-18H,3-4,19H2,1-2H3. The van der Waals surface area contributed by atoms with Crippen molar-refractivity contribution in [1.29, 1.82) is 0 Å². The van der Waals surface area contributed by atoms with Crippen molar-refractivity contribution in [2.24, 2.45) is 0 Å². The largest absolute Gasteiger partial charge is 0.339 e. The van der Waals surface area contributed by atoms with Gasteiger partial charge in [0.05, 0.1) is 6.54 Å². The van der Waals surface area contributed by atoms with Crippen LogP contribution < -0.4 is 4.90 Å². The highest BCUT2D eigenvalue weighted by Crippen LogP contribution is 2.21. The van der Waals surface area contributed by atoms with Crippen molar-refractivity contribution in [3.05, 3.63) is 102 Å². The van der Waals surface area contributed by atoms with Crippen LogP contribution >= 0.6 is 0 Å². The van der Waals surface area contributed by atoms with Crippen LogP contribution in [0, 0.1) is 0 Å². The molecule has 0 heterocycles. The number of anilines is 1. The van der Waals surface area contributed by atoms with Crippen molar-refractivity contribution in [3.63, 3.8) is 0 Å². The van der Waals surface area contributed by atoms with Gasteiger partial charge in [0.15, 0.2) is 0 Å². The Hall–Kier alpha value is -3.40. The van der Waals surface area contributed by atoms with Gasteiger partial charge in [0.25, 0.3) is 11.8 Å². The Morgan fingerprint density at radius 2 is 1.24 bits per heavy atom. The lowest BCUT2D eigenvalue weighted by molar-refractivity contribution is 0.0773. The summed E-state index contributed by atoms with van der Waals surface area (Å²) in [7, 11) is 0. The average molecular weight is 386 g/mol. The van der Waals surface area contributed by atoms with Crippen LogP contribution in [0.2, 0.25) is 0 Å². The molecule has 0 aromatic heterocycles. The van der Waals surface area contributed by atoms with Crippen LogP contribution in [0.15, 0.2) is 84.9 Å². The first-order valence-electron chi connectivity index (χ1n) is 9.94. The zero-order valence-electron chi connectivity index (χ0n) is 16.9. The van der Waals surface area contributed by atoms with Gasteiger partial charge in [0.1, 0.15) is 0 Å². The molecule has 0 aliphatic carbocycles. The van der Waals surface area contributed by atoms with Gasteiger partial charge in [-0.25, -0.2) is 0 Å². The number of hydrogen-bond acceptors (Lipinski definition) is 2. The van der Waals surface area contributed by atoms with Crippen molar-refractivity contribution in [1.82, 2.24) is 4.90 Å². The third-order valence-corrected chi connectivity index (χ3v) is 4.90. The molecule has 0 bridgehead atoms.